The zero-order chi connectivity index (χ0) is 16.5. The van der Waals surface area contributed by atoms with Crippen molar-refractivity contribution in [3.8, 4) is 0 Å². The summed E-state index contributed by atoms with van der Waals surface area (Å²) >= 11 is 1.61. The molecule has 122 valence electrons. The fourth-order valence-corrected chi connectivity index (χ4v) is 2.07. The fourth-order valence-electron chi connectivity index (χ4n) is 1.66. The Labute approximate surface area is 136 Å². The normalized spacial score (nSPS) is 12.2. The van der Waals surface area contributed by atoms with Gasteiger partial charge in [-0.3, -0.25) is 4.79 Å². The first-order valence-electron chi connectivity index (χ1n) is 7.39. The van der Waals surface area contributed by atoms with Crippen molar-refractivity contribution in [2.45, 2.75) is 38.2 Å². The van der Waals surface area contributed by atoms with E-state index in [0.717, 1.165) is 11.3 Å². The first-order valence-corrected chi connectivity index (χ1v) is 8.62. The van der Waals surface area contributed by atoms with Crippen LogP contribution in [0.3, 0.4) is 0 Å². The van der Waals surface area contributed by atoms with E-state index in [4.69, 9.17) is 9.47 Å². The van der Waals surface area contributed by atoms with E-state index in [1.807, 2.05) is 18.4 Å². The number of carbonyl (C=O) groups excluding carboxylic acids is 2. The number of ether oxygens (including phenoxy) is 2. The Morgan fingerprint density at radius 2 is 1.77 bits per heavy atom. The lowest BCUT2D eigenvalue weighted by atomic mass is 10.1. The van der Waals surface area contributed by atoms with Gasteiger partial charge in [-0.1, -0.05) is 26.0 Å². The van der Waals surface area contributed by atoms with E-state index in [1.165, 1.54) is 0 Å². The Hall–Kier alpha value is -1.33. The van der Waals surface area contributed by atoms with Gasteiger partial charge in [-0.05, 0) is 37.7 Å². The lowest BCUT2D eigenvalue weighted by Crippen LogP contribution is -2.26. The molecule has 4 nitrogen and oxygen atoms in total. The molecule has 0 N–H and O–H groups in total. The van der Waals surface area contributed by atoms with Gasteiger partial charge >= 0.3 is 5.97 Å². The van der Waals surface area contributed by atoms with Crippen molar-refractivity contribution in [2.24, 2.45) is 5.92 Å². The smallest absolute Gasteiger partial charge is 0.335 e. The molecular formula is C17H24O4S. The molecule has 0 saturated carbocycles. The van der Waals surface area contributed by atoms with Crippen LogP contribution in [0.2, 0.25) is 0 Å². The zero-order valence-electron chi connectivity index (χ0n) is 13.6. The number of hydrogen-bond donors (Lipinski definition) is 0. The Kier molecular flexibility index (Phi) is 8.20. The molecule has 0 aliphatic rings. The second kappa shape index (κ2) is 9.64. The van der Waals surface area contributed by atoms with Crippen molar-refractivity contribution in [3.05, 3.63) is 29.8 Å². The quantitative estimate of drug-likeness (QED) is 0.395. The molecule has 0 saturated heterocycles. The molecule has 1 atom stereocenters. The van der Waals surface area contributed by atoms with Crippen LogP contribution >= 0.6 is 11.8 Å². The molecule has 1 aromatic rings. The van der Waals surface area contributed by atoms with Gasteiger partial charge in [0.1, 0.15) is 0 Å². The standard InChI is InChI=1S/C17H24O4S/c1-12(2)9-10-20-13(3)17(19)21-11-16(18)14-5-7-15(22-4)8-6-14/h5-8,12-13H,9-11H2,1-4H3. The average molecular weight is 324 g/mol. The number of ketones is 1. The zero-order valence-corrected chi connectivity index (χ0v) is 14.4. The number of rotatable bonds is 9. The van der Waals surface area contributed by atoms with Gasteiger partial charge in [0.25, 0.3) is 0 Å². The maximum atomic E-state index is 11.9. The second-order valence-electron chi connectivity index (χ2n) is 5.45. The average Bonchev–Trinajstić information content (AvgIpc) is 2.51. The van der Waals surface area contributed by atoms with Crippen molar-refractivity contribution in [3.63, 3.8) is 0 Å². The van der Waals surface area contributed by atoms with Crippen LogP contribution in [0.25, 0.3) is 0 Å². The molecule has 5 heteroatoms. The maximum Gasteiger partial charge on any atom is 0.335 e. The number of hydrogen-bond acceptors (Lipinski definition) is 5. The van der Waals surface area contributed by atoms with Gasteiger partial charge in [0.2, 0.25) is 0 Å². The van der Waals surface area contributed by atoms with Crippen molar-refractivity contribution >= 4 is 23.5 Å². The summed E-state index contributed by atoms with van der Waals surface area (Å²) in [7, 11) is 0. The highest BCUT2D eigenvalue weighted by atomic mass is 32.2. The first-order chi connectivity index (χ1) is 10.4. The summed E-state index contributed by atoms with van der Waals surface area (Å²) < 4.78 is 10.4. The van der Waals surface area contributed by atoms with Crippen LogP contribution in [-0.4, -0.2) is 37.3 Å². The molecule has 0 aliphatic heterocycles. The summed E-state index contributed by atoms with van der Waals surface area (Å²) in [6.07, 6.45) is 2.21. The lowest BCUT2D eigenvalue weighted by molar-refractivity contribution is -0.155. The third kappa shape index (κ3) is 6.62. The van der Waals surface area contributed by atoms with Crippen LogP contribution in [-0.2, 0) is 14.3 Å². The topological polar surface area (TPSA) is 52.6 Å². The van der Waals surface area contributed by atoms with Gasteiger partial charge < -0.3 is 9.47 Å². The summed E-state index contributed by atoms with van der Waals surface area (Å²) in [5.41, 5.74) is 0.541. The molecule has 1 unspecified atom stereocenters. The van der Waals surface area contributed by atoms with E-state index in [0.29, 0.717) is 18.1 Å². The van der Waals surface area contributed by atoms with E-state index >= 15 is 0 Å². The molecule has 1 aromatic carbocycles. The number of benzene rings is 1. The Morgan fingerprint density at radius 1 is 1.14 bits per heavy atom. The largest absolute Gasteiger partial charge is 0.455 e. The third-order valence-electron chi connectivity index (χ3n) is 3.15. The van der Waals surface area contributed by atoms with E-state index in [-0.39, 0.29) is 12.4 Å². The van der Waals surface area contributed by atoms with Gasteiger partial charge in [-0.15, -0.1) is 11.8 Å². The Bertz CT molecular complexity index is 482. The third-order valence-corrected chi connectivity index (χ3v) is 3.90. The van der Waals surface area contributed by atoms with Crippen molar-refractivity contribution < 1.29 is 19.1 Å². The molecule has 0 heterocycles. The number of thioether (sulfide) groups is 1. The highest BCUT2D eigenvalue weighted by Crippen LogP contribution is 2.15. The monoisotopic (exact) mass is 324 g/mol. The van der Waals surface area contributed by atoms with E-state index in [2.05, 4.69) is 13.8 Å². The molecule has 0 spiro atoms. The van der Waals surface area contributed by atoms with E-state index < -0.39 is 12.1 Å². The minimum absolute atomic E-state index is 0.213. The first kappa shape index (κ1) is 18.7. The van der Waals surface area contributed by atoms with Gasteiger partial charge in [0.05, 0.1) is 0 Å². The predicted molar refractivity (Wildman–Crippen MR) is 88.4 cm³/mol. The van der Waals surface area contributed by atoms with E-state index in [9.17, 15) is 9.59 Å². The van der Waals surface area contributed by atoms with Gasteiger partial charge in [0.15, 0.2) is 18.5 Å². The second-order valence-corrected chi connectivity index (χ2v) is 6.33. The predicted octanol–water partition coefficient (Wildman–Crippen LogP) is 3.59. The van der Waals surface area contributed by atoms with Crippen LogP contribution in [0, 0.1) is 5.92 Å². The van der Waals surface area contributed by atoms with Crippen LogP contribution in [0.1, 0.15) is 37.6 Å². The molecular weight excluding hydrogens is 300 g/mol. The van der Waals surface area contributed by atoms with Gasteiger partial charge in [-0.25, -0.2) is 4.79 Å². The van der Waals surface area contributed by atoms with Gasteiger partial charge in [-0.2, -0.15) is 0 Å². The highest BCUT2D eigenvalue weighted by Gasteiger charge is 2.17. The summed E-state index contributed by atoms with van der Waals surface area (Å²) in [5.74, 6) is -0.192. The minimum Gasteiger partial charge on any atom is -0.455 e. The maximum absolute atomic E-state index is 11.9. The number of carbonyl (C=O) groups is 2. The molecule has 0 radical (unpaired) electrons. The molecule has 0 bridgehead atoms. The molecule has 0 aliphatic carbocycles. The highest BCUT2D eigenvalue weighted by molar-refractivity contribution is 7.98. The molecule has 0 aromatic heterocycles. The van der Waals surface area contributed by atoms with E-state index in [1.54, 1.807) is 30.8 Å². The molecule has 1 rings (SSSR count). The van der Waals surface area contributed by atoms with Crippen molar-refractivity contribution in [1.29, 1.82) is 0 Å². The van der Waals surface area contributed by atoms with Crippen molar-refractivity contribution in [1.82, 2.24) is 0 Å². The SMILES string of the molecule is CSc1ccc(C(=O)COC(=O)C(C)OCCC(C)C)cc1. The van der Waals surface area contributed by atoms with Crippen LogP contribution in [0.5, 0.6) is 0 Å². The Balaban J connectivity index is 2.37. The summed E-state index contributed by atoms with van der Waals surface area (Å²) in [4.78, 5) is 24.8. The summed E-state index contributed by atoms with van der Waals surface area (Å²) in [5, 5.41) is 0. The minimum atomic E-state index is -0.648. The van der Waals surface area contributed by atoms with Crippen LogP contribution < -0.4 is 0 Å². The molecule has 0 amide bonds. The molecule has 0 fully saturated rings. The van der Waals surface area contributed by atoms with Crippen molar-refractivity contribution in [2.75, 3.05) is 19.5 Å². The Morgan fingerprint density at radius 3 is 2.32 bits per heavy atom. The van der Waals surface area contributed by atoms with Crippen LogP contribution in [0.15, 0.2) is 29.2 Å². The number of esters is 1. The van der Waals surface area contributed by atoms with Gasteiger partial charge in [0, 0.05) is 17.1 Å². The number of Topliss-reactive ketones (excluding diaryl/α,β-unsaturated/α-hetero) is 1. The van der Waals surface area contributed by atoms with Crippen LogP contribution in [0.4, 0.5) is 0 Å². The lowest BCUT2D eigenvalue weighted by Gasteiger charge is -2.13. The fraction of sp³-hybridized carbons (Fsp3) is 0.529. The summed E-state index contributed by atoms with van der Waals surface area (Å²) in [6, 6.07) is 7.23. The summed E-state index contributed by atoms with van der Waals surface area (Å²) in [6.45, 7) is 6.08. The molecule has 22 heavy (non-hydrogen) atoms.